The fourth-order valence-electron chi connectivity index (χ4n) is 1.61. The van der Waals surface area contributed by atoms with Gasteiger partial charge in [0.25, 0.3) is 5.89 Å². The summed E-state index contributed by atoms with van der Waals surface area (Å²) in [6.07, 6.45) is 0. The van der Waals surface area contributed by atoms with E-state index in [0.717, 1.165) is 17.1 Å². The minimum absolute atomic E-state index is 0.173. The Morgan fingerprint density at radius 1 is 1.37 bits per heavy atom. The minimum atomic E-state index is -0.173. The van der Waals surface area contributed by atoms with Crippen molar-refractivity contribution in [2.24, 2.45) is 5.73 Å². The van der Waals surface area contributed by atoms with E-state index in [1.807, 2.05) is 45.0 Å². The maximum absolute atomic E-state index is 5.93. The van der Waals surface area contributed by atoms with E-state index >= 15 is 0 Å². The third-order valence-electron chi connectivity index (χ3n) is 2.44. The molecule has 5 heteroatoms. The normalized spacial score (nSPS) is 11.8. The summed E-state index contributed by atoms with van der Waals surface area (Å²) in [6, 6.07) is 8.04. The topological polar surface area (TPSA) is 64.9 Å². The van der Waals surface area contributed by atoms with Crippen LogP contribution in [0.4, 0.5) is 0 Å². The Kier molecular flexibility index (Phi) is 4.27. The lowest BCUT2D eigenvalue weighted by atomic mass is 10.1. The van der Waals surface area contributed by atoms with E-state index in [9.17, 15) is 0 Å². The van der Waals surface area contributed by atoms with E-state index in [4.69, 9.17) is 10.3 Å². The van der Waals surface area contributed by atoms with Gasteiger partial charge in [-0.15, -0.1) is 0 Å². The molecule has 2 N–H and O–H groups in total. The van der Waals surface area contributed by atoms with E-state index in [1.165, 1.54) is 5.56 Å². The number of thioether (sulfide) groups is 1. The summed E-state index contributed by atoms with van der Waals surface area (Å²) in [5, 5.41) is 3.99. The van der Waals surface area contributed by atoms with Crippen molar-refractivity contribution in [1.82, 2.24) is 10.1 Å². The van der Waals surface area contributed by atoms with Crippen molar-refractivity contribution in [3.63, 3.8) is 0 Å². The fraction of sp³-hybridized carbons (Fsp3) is 0.429. The van der Waals surface area contributed by atoms with E-state index in [0.29, 0.717) is 11.7 Å². The van der Waals surface area contributed by atoms with E-state index in [1.54, 1.807) is 11.8 Å². The molecule has 1 aromatic heterocycles. The lowest BCUT2D eigenvalue weighted by molar-refractivity contribution is 0.425. The summed E-state index contributed by atoms with van der Waals surface area (Å²) in [7, 11) is 0. The largest absolute Gasteiger partial charge is 0.334 e. The standard InChI is InChI=1S/C14H19N3OS/c1-10-5-4-6-11(7-10)13-16-12(17-18-13)8-19-9-14(2,3)15/h4-7H,8-9,15H2,1-3H3. The number of rotatable bonds is 5. The molecule has 0 atom stereocenters. The summed E-state index contributed by atoms with van der Waals surface area (Å²) >= 11 is 1.71. The fourth-order valence-corrected chi connectivity index (χ4v) is 2.54. The van der Waals surface area contributed by atoms with Crippen LogP contribution in [0.15, 0.2) is 28.8 Å². The van der Waals surface area contributed by atoms with Crippen molar-refractivity contribution in [3.8, 4) is 11.5 Å². The highest BCUT2D eigenvalue weighted by Crippen LogP contribution is 2.20. The zero-order valence-electron chi connectivity index (χ0n) is 11.5. The molecule has 102 valence electrons. The van der Waals surface area contributed by atoms with Gasteiger partial charge in [0.05, 0.1) is 5.75 Å². The minimum Gasteiger partial charge on any atom is -0.334 e. The molecule has 0 aliphatic carbocycles. The molecule has 0 saturated heterocycles. The maximum Gasteiger partial charge on any atom is 0.257 e. The monoisotopic (exact) mass is 277 g/mol. The molecule has 2 rings (SSSR count). The van der Waals surface area contributed by atoms with E-state index < -0.39 is 0 Å². The van der Waals surface area contributed by atoms with Gasteiger partial charge in [0.2, 0.25) is 0 Å². The zero-order chi connectivity index (χ0) is 13.9. The molecule has 2 aromatic rings. The molecule has 0 unspecified atom stereocenters. The highest BCUT2D eigenvalue weighted by molar-refractivity contribution is 7.98. The zero-order valence-corrected chi connectivity index (χ0v) is 12.3. The van der Waals surface area contributed by atoms with Gasteiger partial charge in [-0.2, -0.15) is 16.7 Å². The molecule has 0 aliphatic heterocycles. The smallest absolute Gasteiger partial charge is 0.257 e. The maximum atomic E-state index is 5.93. The third kappa shape index (κ3) is 4.36. The number of nitrogens with two attached hydrogens (primary N) is 1. The third-order valence-corrected chi connectivity index (χ3v) is 3.85. The Morgan fingerprint density at radius 2 is 2.16 bits per heavy atom. The highest BCUT2D eigenvalue weighted by Gasteiger charge is 2.13. The quantitative estimate of drug-likeness (QED) is 0.910. The summed E-state index contributed by atoms with van der Waals surface area (Å²) in [6.45, 7) is 6.06. The van der Waals surface area contributed by atoms with Crippen molar-refractivity contribution < 1.29 is 4.52 Å². The first-order valence-electron chi connectivity index (χ1n) is 6.20. The second-order valence-electron chi connectivity index (χ2n) is 5.37. The van der Waals surface area contributed by atoms with Crippen LogP contribution in [0.2, 0.25) is 0 Å². The van der Waals surface area contributed by atoms with Crippen LogP contribution >= 0.6 is 11.8 Å². The first-order valence-corrected chi connectivity index (χ1v) is 7.36. The number of nitrogens with zero attached hydrogens (tertiary/aromatic N) is 2. The van der Waals surface area contributed by atoms with E-state index in [2.05, 4.69) is 10.1 Å². The Bertz CT molecular complexity index is 546. The van der Waals surface area contributed by atoms with Crippen LogP contribution in [0.25, 0.3) is 11.5 Å². The highest BCUT2D eigenvalue weighted by atomic mass is 32.2. The Hall–Kier alpha value is -1.33. The summed E-state index contributed by atoms with van der Waals surface area (Å²) in [4.78, 5) is 4.40. The number of benzene rings is 1. The molecule has 0 fully saturated rings. The Labute approximate surface area is 117 Å². The van der Waals surface area contributed by atoms with Gasteiger partial charge in [-0.3, -0.25) is 0 Å². The predicted octanol–water partition coefficient (Wildman–Crippen LogP) is 3.02. The van der Waals surface area contributed by atoms with Gasteiger partial charge in [-0.05, 0) is 32.9 Å². The molecule has 0 bridgehead atoms. The molecule has 1 heterocycles. The molecular formula is C14H19N3OS. The number of hydrogen-bond acceptors (Lipinski definition) is 5. The van der Waals surface area contributed by atoms with Crippen LogP contribution < -0.4 is 5.73 Å². The second-order valence-corrected chi connectivity index (χ2v) is 6.35. The Balaban J connectivity index is 1.99. The van der Waals surface area contributed by atoms with Gasteiger partial charge in [0.15, 0.2) is 5.82 Å². The average molecular weight is 277 g/mol. The van der Waals surface area contributed by atoms with Crippen LogP contribution in [0.3, 0.4) is 0 Å². The van der Waals surface area contributed by atoms with Crippen LogP contribution in [0, 0.1) is 6.92 Å². The average Bonchev–Trinajstić information content (AvgIpc) is 2.76. The lowest BCUT2D eigenvalue weighted by Crippen LogP contribution is -2.34. The molecule has 19 heavy (non-hydrogen) atoms. The van der Waals surface area contributed by atoms with Crippen LogP contribution in [-0.2, 0) is 5.75 Å². The van der Waals surface area contributed by atoms with Crippen molar-refractivity contribution >= 4 is 11.8 Å². The van der Waals surface area contributed by atoms with E-state index in [-0.39, 0.29) is 5.54 Å². The van der Waals surface area contributed by atoms with Crippen LogP contribution in [-0.4, -0.2) is 21.4 Å². The number of hydrogen-bond donors (Lipinski definition) is 1. The molecule has 0 aliphatic rings. The molecule has 0 spiro atoms. The van der Waals surface area contributed by atoms with Gasteiger partial charge in [0, 0.05) is 16.9 Å². The molecule has 0 radical (unpaired) electrons. The van der Waals surface area contributed by atoms with Gasteiger partial charge in [-0.25, -0.2) is 0 Å². The first kappa shape index (κ1) is 14.1. The first-order chi connectivity index (χ1) is 8.94. The SMILES string of the molecule is Cc1cccc(-c2nc(CSCC(C)(C)N)no2)c1. The Morgan fingerprint density at radius 3 is 2.84 bits per heavy atom. The number of aromatic nitrogens is 2. The molecule has 1 aromatic carbocycles. The molecular weight excluding hydrogens is 258 g/mol. The van der Waals surface area contributed by atoms with Crippen molar-refractivity contribution in [2.45, 2.75) is 32.1 Å². The van der Waals surface area contributed by atoms with Gasteiger partial charge < -0.3 is 10.3 Å². The lowest BCUT2D eigenvalue weighted by Gasteiger charge is -2.16. The summed E-state index contributed by atoms with van der Waals surface area (Å²) < 4.78 is 5.28. The molecule has 4 nitrogen and oxygen atoms in total. The van der Waals surface area contributed by atoms with Crippen molar-refractivity contribution in [3.05, 3.63) is 35.7 Å². The van der Waals surface area contributed by atoms with Gasteiger partial charge >= 0.3 is 0 Å². The van der Waals surface area contributed by atoms with Crippen molar-refractivity contribution in [1.29, 1.82) is 0 Å². The van der Waals surface area contributed by atoms with Crippen molar-refractivity contribution in [2.75, 3.05) is 5.75 Å². The van der Waals surface area contributed by atoms with Gasteiger partial charge in [-0.1, -0.05) is 22.9 Å². The summed E-state index contributed by atoms with van der Waals surface area (Å²) in [5.74, 6) is 2.87. The second kappa shape index (κ2) is 5.75. The van der Waals surface area contributed by atoms with Crippen LogP contribution in [0.1, 0.15) is 25.2 Å². The predicted molar refractivity (Wildman–Crippen MR) is 78.9 cm³/mol. The summed E-state index contributed by atoms with van der Waals surface area (Å²) in [5.41, 5.74) is 7.89. The van der Waals surface area contributed by atoms with Crippen LogP contribution in [0.5, 0.6) is 0 Å². The molecule has 0 saturated carbocycles. The number of aryl methyl sites for hydroxylation is 1. The van der Waals surface area contributed by atoms with Gasteiger partial charge in [0.1, 0.15) is 0 Å². The molecule has 0 amide bonds.